The Labute approximate surface area is 108 Å². The van der Waals surface area contributed by atoms with Gasteiger partial charge >= 0.3 is 0 Å². The Kier molecular flexibility index (Phi) is 3.72. The third-order valence-corrected chi connectivity index (χ3v) is 3.29. The molecule has 0 saturated carbocycles. The van der Waals surface area contributed by atoms with Crippen molar-refractivity contribution < 1.29 is 5.11 Å². The number of aryl methyl sites for hydroxylation is 2. The Hall–Kier alpha value is -1.74. The minimum Gasteiger partial charge on any atom is -0.508 e. The van der Waals surface area contributed by atoms with Crippen LogP contribution in [0.15, 0.2) is 30.3 Å². The third-order valence-electron chi connectivity index (χ3n) is 3.29. The van der Waals surface area contributed by atoms with Crippen molar-refractivity contribution in [2.75, 3.05) is 6.54 Å². The Bertz CT molecular complexity index is 526. The average Bonchev–Trinajstić information content (AvgIpc) is 2.63. The molecule has 1 aromatic heterocycles. The van der Waals surface area contributed by atoms with Gasteiger partial charge in [0.1, 0.15) is 5.75 Å². The molecule has 0 aliphatic carbocycles. The topological polar surface area (TPSA) is 51.2 Å². The summed E-state index contributed by atoms with van der Waals surface area (Å²) in [5.41, 5.74) is 10.5. The molecule has 0 fully saturated rings. The van der Waals surface area contributed by atoms with Gasteiger partial charge in [-0.25, -0.2) is 0 Å². The van der Waals surface area contributed by atoms with Crippen LogP contribution in [0.25, 0.3) is 5.69 Å². The summed E-state index contributed by atoms with van der Waals surface area (Å²) in [7, 11) is 0. The van der Waals surface area contributed by atoms with Gasteiger partial charge in [0, 0.05) is 17.1 Å². The summed E-state index contributed by atoms with van der Waals surface area (Å²) in [6.07, 6.45) is 2.04. The van der Waals surface area contributed by atoms with Gasteiger partial charge in [-0.05, 0) is 69.1 Å². The number of aromatic hydroxyl groups is 1. The Morgan fingerprint density at radius 1 is 1.17 bits per heavy atom. The lowest BCUT2D eigenvalue weighted by molar-refractivity contribution is 0.475. The highest BCUT2D eigenvalue weighted by Gasteiger charge is 2.10. The Morgan fingerprint density at radius 3 is 2.44 bits per heavy atom. The van der Waals surface area contributed by atoms with Gasteiger partial charge in [-0.15, -0.1) is 0 Å². The normalized spacial score (nSPS) is 10.8. The van der Waals surface area contributed by atoms with Crippen LogP contribution < -0.4 is 5.73 Å². The van der Waals surface area contributed by atoms with Crippen molar-refractivity contribution in [3.63, 3.8) is 0 Å². The number of hydrogen-bond donors (Lipinski definition) is 2. The number of nitrogens with zero attached hydrogens (tertiary/aromatic N) is 1. The highest BCUT2D eigenvalue weighted by atomic mass is 16.3. The minimum atomic E-state index is 0.296. The summed E-state index contributed by atoms with van der Waals surface area (Å²) in [6.45, 7) is 4.96. The quantitative estimate of drug-likeness (QED) is 0.868. The predicted molar refractivity (Wildman–Crippen MR) is 74.3 cm³/mol. The van der Waals surface area contributed by atoms with E-state index in [1.54, 1.807) is 12.1 Å². The number of aromatic nitrogens is 1. The molecule has 0 amide bonds. The summed E-state index contributed by atoms with van der Waals surface area (Å²) in [4.78, 5) is 0. The van der Waals surface area contributed by atoms with E-state index >= 15 is 0 Å². The summed E-state index contributed by atoms with van der Waals surface area (Å²) in [6, 6.07) is 9.52. The van der Waals surface area contributed by atoms with E-state index in [1.807, 2.05) is 12.1 Å². The maximum absolute atomic E-state index is 9.34. The van der Waals surface area contributed by atoms with Crippen LogP contribution in [0.5, 0.6) is 5.75 Å². The fourth-order valence-corrected chi connectivity index (χ4v) is 2.37. The maximum Gasteiger partial charge on any atom is 0.115 e. The lowest BCUT2D eigenvalue weighted by atomic mass is 10.1. The first-order chi connectivity index (χ1) is 8.63. The van der Waals surface area contributed by atoms with Crippen LogP contribution in [0.4, 0.5) is 0 Å². The molecule has 18 heavy (non-hydrogen) atoms. The molecule has 0 unspecified atom stereocenters. The van der Waals surface area contributed by atoms with E-state index < -0.39 is 0 Å². The molecule has 0 bridgehead atoms. The summed E-state index contributed by atoms with van der Waals surface area (Å²) in [5, 5.41) is 9.34. The molecule has 96 valence electrons. The standard InChI is InChI=1S/C15H20N2O/c1-11-10-13(4-3-9-16)12(2)17(11)14-5-7-15(18)8-6-14/h5-8,10,18H,3-4,9,16H2,1-2H3. The van der Waals surface area contributed by atoms with E-state index in [1.165, 1.54) is 17.0 Å². The zero-order valence-corrected chi connectivity index (χ0v) is 11.0. The molecule has 1 aromatic carbocycles. The van der Waals surface area contributed by atoms with Crippen molar-refractivity contribution in [3.8, 4) is 11.4 Å². The first kappa shape index (κ1) is 12.7. The number of rotatable bonds is 4. The van der Waals surface area contributed by atoms with Crippen LogP contribution in [0.1, 0.15) is 23.4 Å². The van der Waals surface area contributed by atoms with Gasteiger partial charge in [-0.2, -0.15) is 0 Å². The zero-order chi connectivity index (χ0) is 13.1. The summed E-state index contributed by atoms with van der Waals surface area (Å²) < 4.78 is 2.21. The van der Waals surface area contributed by atoms with E-state index in [-0.39, 0.29) is 0 Å². The summed E-state index contributed by atoms with van der Waals surface area (Å²) >= 11 is 0. The number of benzene rings is 1. The van der Waals surface area contributed by atoms with Crippen molar-refractivity contribution in [1.29, 1.82) is 0 Å². The van der Waals surface area contributed by atoms with Crippen LogP contribution in [0.3, 0.4) is 0 Å². The maximum atomic E-state index is 9.34. The first-order valence-corrected chi connectivity index (χ1v) is 6.30. The fraction of sp³-hybridized carbons (Fsp3) is 0.333. The van der Waals surface area contributed by atoms with E-state index in [4.69, 9.17) is 5.73 Å². The lowest BCUT2D eigenvalue weighted by Gasteiger charge is -2.10. The highest BCUT2D eigenvalue weighted by molar-refractivity contribution is 5.43. The monoisotopic (exact) mass is 244 g/mol. The zero-order valence-electron chi connectivity index (χ0n) is 11.0. The van der Waals surface area contributed by atoms with Gasteiger partial charge in [0.15, 0.2) is 0 Å². The van der Waals surface area contributed by atoms with Crippen LogP contribution >= 0.6 is 0 Å². The number of nitrogens with two attached hydrogens (primary N) is 1. The van der Waals surface area contributed by atoms with Crippen LogP contribution in [-0.2, 0) is 6.42 Å². The molecule has 0 aliphatic rings. The largest absolute Gasteiger partial charge is 0.508 e. The van der Waals surface area contributed by atoms with Gasteiger partial charge in [0.05, 0.1) is 0 Å². The van der Waals surface area contributed by atoms with E-state index in [0.717, 1.165) is 25.1 Å². The summed E-state index contributed by atoms with van der Waals surface area (Å²) in [5.74, 6) is 0.296. The Morgan fingerprint density at radius 2 is 1.83 bits per heavy atom. The van der Waals surface area contributed by atoms with Crippen LogP contribution in [0.2, 0.25) is 0 Å². The van der Waals surface area contributed by atoms with Crippen molar-refractivity contribution in [1.82, 2.24) is 4.57 Å². The van der Waals surface area contributed by atoms with Crippen LogP contribution in [-0.4, -0.2) is 16.2 Å². The van der Waals surface area contributed by atoms with Gasteiger partial charge in [0.25, 0.3) is 0 Å². The molecule has 0 radical (unpaired) electrons. The van der Waals surface area contributed by atoms with Crippen molar-refractivity contribution in [2.45, 2.75) is 26.7 Å². The van der Waals surface area contributed by atoms with Gasteiger partial charge in [0.2, 0.25) is 0 Å². The van der Waals surface area contributed by atoms with Crippen molar-refractivity contribution in [3.05, 3.63) is 47.3 Å². The smallest absolute Gasteiger partial charge is 0.115 e. The first-order valence-electron chi connectivity index (χ1n) is 6.30. The number of hydrogen-bond acceptors (Lipinski definition) is 2. The fourth-order valence-electron chi connectivity index (χ4n) is 2.37. The molecule has 0 atom stereocenters. The van der Waals surface area contributed by atoms with E-state index in [2.05, 4.69) is 24.5 Å². The SMILES string of the molecule is Cc1cc(CCCN)c(C)n1-c1ccc(O)cc1. The minimum absolute atomic E-state index is 0.296. The molecule has 2 aromatic rings. The van der Waals surface area contributed by atoms with Crippen molar-refractivity contribution in [2.24, 2.45) is 5.73 Å². The second-order valence-electron chi connectivity index (χ2n) is 4.64. The second kappa shape index (κ2) is 5.27. The van der Waals surface area contributed by atoms with Gasteiger partial charge < -0.3 is 15.4 Å². The highest BCUT2D eigenvalue weighted by Crippen LogP contribution is 2.23. The molecule has 3 heteroatoms. The molecule has 3 N–H and O–H groups in total. The number of phenolic OH excluding ortho intramolecular Hbond substituents is 1. The molecule has 3 nitrogen and oxygen atoms in total. The molecule has 0 aliphatic heterocycles. The predicted octanol–water partition coefficient (Wildman–Crippen LogP) is 2.69. The van der Waals surface area contributed by atoms with E-state index in [0.29, 0.717) is 5.75 Å². The van der Waals surface area contributed by atoms with Gasteiger partial charge in [-0.3, -0.25) is 0 Å². The molecule has 0 spiro atoms. The molecule has 2 rings (SSSR count). The van der Waals surface area contributed by atoms with E-state index in [9.17, 15) is 5.11 Å². The molecular weight excluding hydrogens is 224 g/mol. The average molecular weight is 244 g/mol. The third kappa shape index (κ3) is 2.41. The lowest BCUT2D eigenvalue weighted by Crippen LogP contribution is -2.02. The number of phenols is 1. The molecule has 0 saturated heterocycles. The van der Waals surface area contributed by atoms with Gasteiger partial charge in [-0.1, -0.05) is 0 Å². The Balaban J connectivity index is 2.38. The molecular formula is C15H20N2O. The molecule has 1 heterocycles. The van der Waals surface area contributed by atoms with Crippen LogP contribution in [0, 0.1) is 13.8 Å². The van der Waals surface area contributed by atoms with Crippen molar-refractivity contribution >= 4 is 0 Å². The second-order valence-corrected chi connectivity index (χ2v) is 4.64.